The average Bonchev–Trinajstić information content (AvgIpc) is 2.54. The number of hydrogen-bond acceptors (Lipinski definition) is 1. The first-order valence-electron chi connectivity index (χ1n) is 8.16. The molecule has 1 fully saturated rings. The molecule has 2 aromatic carbocycles. The van der Waals surface area contributed by atoms with Crippen LogP contribution in [0.25, 0.3) is 0 Å². The molecule has 2 unspecified atom stereocenters. The van der Waals surface area contributed by atoms with Crippen molar-refractivity contribution in [2.45, 2.75) is 32.2 Å². The molecule has 0 aliphatic carbocycles. The maximum atomic E-state index is 2.69. The van der Waals surface area contributed by atoms with E-state index in [0.717, 1.165) is 12.3 Å². The van der Waals surface area contributed by atoms with E-state index in [0.29, 0.717) is 6.04 Å². The zero-order chi connectivity index (χ0) is 14.5. The molecule has 3 rings (SSSR count). The van der Waals surface area contributed by atoms with Gasteiger partial charge in [0.25, 0.3) is 0 Å². The smallest absolute Gasteiger partial charge is 0.0388 e. The summed E-state index contributed by atoms with van der Waals surface area (Å²) in [5.41, 5.74) is 2.89. The summed E-state index contributed by atoms with van der Waals surface area (Å²) in [4.78, 5) is 2.69. The fourth-order valence-electron chi connectivity index (χ4n) is 3.48. The van der Waals surface area contributed by atoms with Crippen LogP contribution in [0.15, 0.2) is 60.7 Å². The quantitative estimate of drug-likeness (QED) is 0.784. The summed E-state index contributed by atoms with van der Waals surface area (Å²) in [6.45, 7) is 4.85. The van der Waals surface area contributed by atoms with Crippen molar-refractivity contribution >= 4 is 0 Å². The van der Waals surface area contributed by atoms with Crippen molar-refractivity contribution in [3.63, 3.8) is 0 Å². The number of benzene rings is 2. The molecule has 2 aromatic rings. The lowest BCUT2D eigenvalue weighted by Crippen LogP contribution is -2.38. The first kappa shape index (κ1) is 14.3. The summed E-state index contributed by atoms with van der Waals surface area (Å²) in [5, 5.41) is 0. The minimum absolute atomic E-state index is 0.511. The van der Waals surface area contributed by atoms with E-state index in [2.05, 4.69) is 72.5 Å². The Morgan fingerprint density at radius 3 is 2.33 bits per heavy atom. The normalized spacial score (nSPS) is 21.1. The van der Waals surface area contributed by atoms with E-state index in [1.54, 1.807) is 0 Å². The van der Waals surface area contributed by atoms with Gasteiger partial charge in [-0.25, -0.2) is 0 Å². The highest BCUT2D eigenvalue weighted by Crippen LogP contribution is 2.29. The highest BCUT2D eigenvalue weighted by atomic mass is 15.2. The number of likely N-dealkylation sites (tertiary alicyclic amines) is 1. The third-order valence-electron chi connectivity index (χ3n) is 4.59. The molecule has 0 aromatic heterocycles. The lowest BCUT2D eigenvalue weighted by Gasteiger charge is -2.37. The number of hydrogen-bond donors (Lipinski definition) is 0. The summed E-state index contributed by atoms with van der Waals surface area (Å²) in [6, 6.07) is 22.4. The van der Waals surface area contributed by atoms with Crippen LogP contribution >= 0.6 is 0 Å². The molecule has 0 saturated carbocycles. The van der Waals surface area contributed by atoms with Crippen molar-refractivity contribution in [1.29, 1.82) is 0 Å². The third kappa shape index (κ3) is 3.74. The van der Waals surface area contributed by atoms with Crippen molar-refractivity contribution in [2.75, 3.05) is 13.1 Å². The molecule has 0 spiro atoms. The van der Waals surface area contributed by atoms with Crippen LogP contribution in [0.2, 0.25) is 0 Å². The molecule has 1 saturated heterocycles. The second-order valence-corrected chi connectivity index (χ2v) is 6.36. The average molecular weight is 279 g/mol. The van der Waals surface area contributed by atoms with Gasteiger partial charge in [0.15, 0.2) is 0 Å². The second-order valence-electron chi connectivity index (χ2n) is 6.36. The molecule has 0 bridgehead atoms. The lowest BCUT2D eigenvalue weighted by atomic mass is 9.92. The molecule has 1 heteroatoms. The van der Waals surface area contributed by atoms with Crippen molar-refractivity contribution < 1.29 is 0 Å². The van der Waals surface area contributed by atoms with Crippen LogP contribution in [0.4, 0.5) is 0 Å². The van der Waals surface area contributed by atoms with E-state index in [4.69, 9.17) is 0 Å². The van der Waals surface area contributed by atoms with Gasteiger partial charge in [-0.2, -0.15) is 0 Å². The monoisotopic (exact) mass is 279 g/mol. The molecule has 110 valence electrons. The Morgan fingerprint density at radius 1 is 1.00 bits per heavy atom. The topological polar surface area (TPSA) is 3.24 Å². The number of rotatable bonds is 4. The fraction of sp³-hybridized carbons (Fsp3) is 0.400. The molecular weight excluding hydrogens is 254 g/mol. The summed E-state index contributed by atoms with van der Waals surface area (Å²) in [5.74, 6) is 0.820. The molecule has 0 radical (unpaired) electrons. The van der Waals surface area contributed by atoms with Crippen LogP contribution in [0.3, 0.4) is 0 Å². The lowest BCUT2D eigenvalue weighted by molar-refractivity contribution is 0.129. The van der Waals surface area contributed by atoms with Crippen LogP contribution < -0.4 is 0 Å². The van der Waals surface area contributed by atoms with Crippen LogP contribution in [-0.4, -0.2) is 18.0 Å². The van der Waals surface area contributed by atoms with Crippen LogP contribution in [-0.2, 0) is 6.42 Å². The molecular formula is C20H25N. The largest absolute Gasteiger partial charge is 0.296 e. The molecule has 1 heterocycles. The zero-order valence-electron chi connectivity index (χ0n) is 12.9. The molecule has 21 heavy (non-hydrogen) atoms. The first-order chi connectivity index (χ1) is 10.3. The van der Waals surface area contributed by atoms with Gasteiger partial charge in [-0.1, -0.05) is 67.6 Å². The Labute approximate surface area is 128 Å². The molecule has 0 amide bonds. The Morgan fingerprint density at radius 2 is 1.67 bits per heavy atom. The molecule has 0 N–H and O–H groups in total. The Kier molecular flexibility index (Phi) is 4.72. The Balaban J connectivity index is 1.84. The van der Waals surface area contributed by atoms with Gasteiger partial charge in [0.05, 0.1) is 0 Å². The van der Waals surface area contributed by atoms with E-state index in [1.807, 2.05) is 0 Å². The summed E-state index contributed by atoms with van der Waals surface area (Å²) in [7, 11) is 0. The van der Waals surface area contributed by atoms with E-state index in [-0.39, 0.29) is 0 Å². The van der Waals surface area contributed by atoms with Crippen LogP contribution in [0, 0.1) is 5.92 Å². The van der Waals surface area contributed by atoms with Crippen LogP contribution in [0.5, 0.6) is 0 Å². The summed E-state index contributed by atoms with van der Waals surface area (Å²) in [6.07, 6.45) is 3.82. The van der Waals surface area contributed by atoms with Gasteiger partial charge in [0.2, 0.25) is 0 Å². The first-order valence-corrected chi connectivity index (χ1v) is 8.16. The van der Waals surface area contributed by atoms with Crippen molar-refractivity contribution in [3.05, 3.63) is 71.8 Å². The van der Waals surface area contributed by atoms with Crippen molar-refractivity contribution in [2.24, 2.45) is 5.92 Å². The second kappa shape index (κ2) is 6.91. The van der Waals surface area contributed by atoms with Gasteiger partial charge in [0.1, 0.15) is 0 Å². The van der Waals surface area contributed by atoms with Crippen LogP contribution in [0.1, 0.15) is 36.9 Å². The predicted octanol–water partition coefficient (Wildman–Crippen LogP) is 4.70. The van der Waals surface area contributed by atoms with Crippen molar-refractivity contribution in [1.82, 2.24) is 4.90 Å². The summed E-state index contributed by atoms with van der Waals surface area (Å²) >= 11 is 0. The number of nitrogens with zero attached hydrogens (tertiary/aromatic N) is 1. The van der Waals surface area contributed by atoms with Gasteiger partial charge in [-0.15, -0.1) is 0 Å². The molecule has 1 aliphatic rings. The van der Waals surface area contributed by atoms with E-state index in [1.165, 1.54) is 37.1 Å². The summed E-state index contributed by atoms with van der Waals surface area (Å²) < 4.78 is 0. The van der Waals surface area contributed by atoms with Crippen molar-refractivity contribution in [3.8, 4) is 0 Å². The highest BCUT2D eigenvalue weighted by Gasteiger charge is 2.25. The Bertz CT molecular complexity index is 534. The SMILES string of the molecule is CC1CCCN(C(Cc2ccccc2)c2ccccc2)C1. The zero-order valence-corrected chi connectivity index (χ0v) is 12.9. The Hall–Kier alpha value is -1.60. The van der Waals surface area contributed by atoms with E-state index in [9.17, 15) is 0 Å². The molecule has 1 aliphatic heterocycles. The minimum Gasteiger partial charge on any atom is -0.296 e. The predicted molar refractivity (Wildman–Crippen MR) is 89.3 cm³/mol. The van der Waals surface area contributed by atoms with Gasteiger partial charge < -0.3 is 0 Å². The molecule has 2 atom stereocenters. The van der Waals surface area contributed by atoms with Gasteiger partial charge in [-0.3, -0.25) is 4.90 Å². The van der Waals surface area contributed by atoms with Gasteiger partial charge in [-0.05, 0) is 42.9 Å². The van der Waals surface area contributed by atoms with E-state index < -0.39 is 0 Å². The standard InChI is InChI=1S/C20H25N/c1-17-9-8-14-21(16-17)20(19-12-6-3-7-13-19)15-18-10-4-2-5-11-18/h2-7,10-13,17,20H,8-9,14-16H2,1H3. The maximum absolute atomic E-state index is 2.69. The van der Waals surface area contributed by atoms with Gasteiger partial charge in [0, 0.05) is 12.6 Å². The van der Waals surface area contributed by atoms with E-state index >= 15 is 0 Å². The number of piperidine rings is 1. The third-order valence-corrected chi connectivity index (χ3v) is 4.59. The minimum atomic E-state index is 0.511. The highest BCUT2D eigenvalue weighted by molar-refractivity contribution is 5.24. The fourth-order valence-corrected chi connectivity index (χ4v) is 3.48. The van der Waals surface area contributed by atoms with Gasteiger partial charge >= 0.3 is 0 Å². The maximum Gasteiger partial charge on any atom is 0.0388 e. The molecule has 1 nitrogen and oxygen atoms in total.